The summed E-state index contributed by atoms with van der Waals surface area (Å²) in [7, 11) is -1.30. The lowest BCUT2D eigenvalue weighted by atomic mass is 9.79. The number of sulfonamides is 1. The Morgan fingerprint density at radius 3 is 2.26 bits per heavy atom. The van der Waals surface area contributed by atoms with Gasteiger partial charge < -0.3 is 9.47 Å². The summed E-state index contributed by atoms with van der Waals surface area (Å²) in [6, 6.07) is 12.0. The van der Waals surface area contributed by atoms with Crippen LogP contribution in [-0.4, -0.2) is 41.1 Å². The number of anilines is 1. The zero-order valence-corrected chi connectivity index (χ0v) is 18.4. The van der Waals surface area contributed by atoms with Gasteiger partial charge in [-0.05, 0) is 42.7 Å². The highest BCUT2D eigenvalue weighted by molar-refractivity contribution is 7.92. The minimum absolute atomic E-state index is 0.0634. The first-order valence-corrected chi connectivity index (χ1v) is 11.3. The Morgan fingerprint density at radius 1 is 1.00 bits per heavy atom. The Bertz CT molecular complexity index is 1180. The van der Waals surface area contributed by atoms with E-state index in [2.05, 4.69) is 0 Å². The molecule has 7 nitrogen and oxygen atoms in total. The van der Waals surface area contributed by atoms with Gasteiger partial charge in [0.2, 0.25) is 0 Å². The first kappa shape index (κ1) is 21.1. The molecule has 0 N–H and O–H groups in total. The molecule has 0 aromatic heterocycles. The summed E-state index contributed by atoms with van der Waals surface area (Å²) in [5.41, 5.74) is 2.22. The number of hydrogen-bond acceptors (Lipinski definition) is 6. The van der Waals surface area contributed by atoms with E-state index in [0.717, 1.165) is 16.7 Å². The van der Waals surface area contributed by atoms with Crippen LogP contribution in [0.3, 0.4) is 0 Å². The predicted molar refractivity (Wildman–Crippen MR) is 115 cm³/mol. The van der Waals surface area contributed by atoms with Gasteiger partial charge in [-0.25, -0.2) is 8.42 Å². The molecule has 0 bridgehead atoms. The van der Waals surface area contributed by atoms with Crippen molar-refractivity contribution in [2.24, 2.45) is 5.41 Å². The maximum absolute atomic E-state index is 13.4. The summed E-state index contributed by atoms with van der Waals surface area (Å²) in [5, 5.41) is 0. The number of benzene rings is 2. The van der Waals surface area contributed by atoms with Crippen molar-refractivity contribution in [1.29, 1.82) is 0 Å². The molecule has 0 amide bonds. The van der Waals surface area contributed by atoms with E-state index in [1.165, 1.54) is 18.5 Å². The molecule has 0 saturated heterocycles. The fourth-order valence-electron chi connectivity index (χ4n) is 4.33. The standard InChI is InChI=1S/C23H23NO6S/c1-15-7-9-18(10-8-15)31(27,28)24-14-17-11-12-23(21(25)29-2,22(26)30-3)13-16-5-4-6-19(24)20(16)17/h4-11H,12-14H2,1-3H3. The molecule has 0 atom stereocenters. The third kappa shape index (κ3) is 3.22. The van der Waals surface area contributed by atoms with E-state index in [1.54, 1.807) is 48.5 Å². The highest BCUT2D eigenvalue weighted by Crippen LogP contribution is 2.46. The molecule has 1 aliphatic heterocycles. The van der Waals surface area contributed by atoms with Gasteiger partial charge in [-0.3, -0.25) is 13.9 Å². The predicted octanol–water partition coefficient (Wildman–Crippen LogP) is 2.87. The molecule has 162 valence electrons. The molecule has 1 aliphatic carbocycles. The van der Waals surface area contributed by atoms with Crippen LogP contribution in [0.4, 0.5) is 5.69 Å². The summed E-state index contributed by atoms with van der Waals surface area (Å²) in [6.07, 6.45) is 1.88. The van der Waals surface area contributed by atoms with E-state index in [9.17, 15) is 18.0 Å². The molecule has 0 saturated carbocycles. The average Bonchev–Trinajstić information content (AvgIpc) is 3.07. The van der Waals surface area contributed by atoms with Crippen molar-refractivity contribution in [2.45, 2.75) is 24.7 Å². The molecule has 0 fully saturated rings. The number of nitrogens with zero attached hydrogens (tertiary/aromatic N) is 1. The molecular formula is C23H23NO6S. The number of aryl methyl sites for hydroxylation is 1. The second-order valence-electron chi connectivity index (χ2n) is 7.81. The molecule has 2 aromatic carbocycles. The third-order valence-electron chi connectivity index (χ3n) is 5.98. The minimum atomic E-state index is -3.77. The van der Waals surface area contributed by atoms with Crippen molar-refractivity contribution in [3.05, 3.63) is 65.2 Å². The zero-order chi connectivity index (χ0) is 22.4. The highest BCUT2D eigenvalue weighted by atomic mass is 32.2. The molecule has 0 unspecified atom stereocenters. The second kappa shape index (κ2) is 7.53. The normalized spacial score (nSPS) is 16.7. The summed E-state index contributed by atoms with van der Waals surface area (Å²) >= 11 is 0. The van der Waals surface area contributed by atoms with Crippen molar-refractivity contribution in [2.75, 3.05) is 25.1 Å². The van der Waals surface area contributed by atoms with Gasteiger partial charge in [0, 0.05) is 12.0 Å². The van der Waals surface area contributed by atoms with E-state index in [0.29, 0.717) is 11.3 Å². The molecule has 8 heteroatoms. The summed E-state index contributed by atoms with van der Waals surface area (Å²) in [4.78, 5) is 25.5. The Hall–Kier alpha value is -3.13. The topological polar surface area (TPSA) is 90.0 Å². The molecule has 0 radical (unpaired) electrons. The minimum Gasteiger partial charge on any atom is -0.468 e. The molecule has 31 heavy (non-hydrogen) atoms. The Balaban J connectivity index is 1.83. The molecule has 2 aromatic rings. The van der Waals surface area contributed by atoms with Gasteiger partial charge in [0.15, 0.2) is 5.41 Å². The van der Waals surface area contributed by atoms with Gasteiger partial charge in [-0.1, -0.05) is 35.9 Å². The first-order valence-electron chi connectivity index (χ1n) is 9.82. The number of methoxy groups -OCH3 is 2. The van der Waals surface area contributed by atoms with Crippen molar-refractivity contribution >= 4 is 33.2 Å². The molecular weight excluding hydrogens is 418 g/mol. The van der Waals surface area contributed by atoms with Crippen molar-refractivity contribution in [3.8, 4) is 0 Å². The number of carbonyl (C=O) groups excluding carboxylic acids is 2. The van der Waals surface area contributed by atoms with Gasteiger partial charge in [0.05, 0.1) is 31.3 Å². The largest absolute Gasteiger partial charge is 0.468 e. The quantitative estimate of drug-likeness (QED) is 0.535. The fraction of sp³-hybridized carbons (Fsp3) is 0.304. The first-order chi connectivity index (χ1) is 14.7. The SMILES string of the molecule is COC(=O)C1(C(=O)OC)CC=C2CN(S(=O)(=O)c3ccc(C)cc3)c3cccc(c32)C1. The summed E-state index contributed by atoms with van der Waals surface area (Å²) in [5.74, 6) is -1.34. The Morgan fingerprint density at radius 2 is 1.65 bits per heavy atom. The van der Waals surface area contributed by atoms with Gasteiger partial charge >= 0.3 is 11.9 Å². The lowest BCUT2D eigenvalue weighted by Crippen LogP contribution is -2.42. The number of carbonyl (C=O) groups is 2. The van der Waals surface area contributed by atoms with Gasteiger partial charge in [0.1, 0.15) is 0 Å². The number of allylic oxidation sites excluding steroid dienone is 1. The smallest absolute Gasteiger partial charge is 0.323 e. The van der Waals surface area contributed by atoms with Crippen LogP contribution >= 0.6 is 0 Å². The molecule has 1 heterocycles. The maximum atomic E-state index is 13.4. The highest BCUT2D eigenvalue weighted by Gasteiger charge is 2.50. The van der Waals surface area contributed by atoms with Crippen LogP contribution in [0, 0.1) is 12.3 Å². The maximum Gasteiger partial charge on any atom is 0.323 e. The van der Waals surface area contributed by atoms with E-state index >= 15 is 0 Å². The van der Waals surface area contributed by atoms with Crippen LogP contribution in [-0.2, 0) is 35.5 Å². The lowest BCUT2D eigenvalue weighted by Gasteiger charge is -2.27. The van der Waals surface area contributed by atoms with E-state index in [1.807, 2.05) is 6.92 Å². The summed E-state index contributed by atoms with van der Waals surface area (Å²) < 4.78 is 38.0. The lowest BCUT2D eigenvalue weighted by molar-refractivity contribution is -0.168. The van der Waals surface area contributed by atoms with E-state index in [4.69, 9.17) is 9.47 Å². The van der Waals surface area contributed by atoms with Crippen LogP contribution in [0.5, 0.6) is 0 Å². The number of esters is 2. The van der Waals surface area contributed by atoms with Gasteiger partial charge in [0.25, 0.3) is 10.0 Å². The number of ether oxygens (including phenoxy) is 2. The van der Waals surface area contributed by atoms with Gasteiger partial charge in [-0.15, -0.1) is 0 Å². The van der Waals surface area contributed by atoms with E-state index < -0.39 is 27.4 Å². The van der Waals surface area contributed by atoms with E-state index in [-0.39, 0.29) is 24.3 Å². The van der Waals surface area contributed by atoms with Crippen molar-refractivity contribution in [1.82, 2.24) is 0 Å². The molecule has 0 spiro atoms. The van der Waals surface area contributed by atoms with Crippen LogP contribution in [0.15, 0.2) is 53.4 Å². The zero-order valence-electron chi connectivity index (χ0n) is 17.5. The Kier molecular flexibility index (Phi) is 5.13. The Labute approximate surface area is 181 Å². The van der Waals surface area contributed by atoms with Crippen molar-refractivity contribution in [3.63, 3.8) is 0 Å². The van der Waals surface area contributed by atoms with Crippen LogP contribution in [0.2, 0.25) is 0 Å². The average molecular weight is 442 g/mol. The number of rotatable bonds is 4. The third-order valence-corrected chi connectivity index (χ3v) is 7.76. The molecule has 2 aliphatic rings. The summed E-state index contributed by atoms with van der Waals surface area (Å²) in [6.45, 7) is 2.02. The van der Waals surface area contributed by atoms with Crippen LogP contribution in [0.1, 0.15) is 23.1 Å². The monoisotopic (exact) mass is 441 g/mol. The van der Waals surface area contributed by atoms with Crippen molar-refractivity contribution < 1.29 is 27.5 Å². The van der Waals surface area contributed by atoms with Crippen LogP contribution in [0.25, 0.3) is 5.57 Å². The van der Waals surface area contributed by atoms with Gasteiger partial charge in [-0.2, -0.15) is 0 Å². The fourth-order valence-corrected chi connectivity index (χ4v) is 5.78. The number of hydrogen-bond donors (Lipinski definition) is 0. The molecule has 4 rings (SSSR count). The van der Waals surface area contributed by atoms with Crippen LogP contribution < -0.4 is 4.31 Å². The second-order valence-corrected chi connectivity index (χ2v) is 9.67.